The molecule has 1 fully saturated rings. The van der Waals surface area contributed by atoms with E-state index in [4.69, 9.17) is 10.5 Å². The van der Waals surface area contributed by atoms with Crippen LogP contribution in [0.2, 0.25) is 0 Å². The van der Waals surface area contributed by atoms with Gasteiger partial charge in [-0.1, -0.05) is 30.3 Å². The van der Waals surface area contributed by atoms with Gasteiger partial charge in [-0.25, -0.2) is 9.78 Å². The molecule has 0 radical (unpaired) electrons. The SMILES string of the molecule is COC(=O)c1cnc([C@H](Cc2ccccc2)NC(=O)C2CCC(CN)CC2)[nH]1. The number of aromatic nitrogens is 2. The average Bonchev–Trinajstić information content (AvgIpc) is 3.23. The van der Waals surface area contributed by atoms with Crippen molar-refractivity contribution in [2.45, 2.75) is 38.1 Å². The first-order chi connectivity index (χ1) is 13.6. The van der Waals surface area contributed by atoms with Gasteiger partial charge in [0, 0.05) is 5.92 Å². The van der Waals surface area contributed by atoms with Crippen LogP contribution < -0.4 is 11.1 Å². The molecule has 1 aliphatic carbocycles. The van der Waals surface area contributed by atoms with Crippen LogP contribution in [0.5, 0.6) is 0 Å². The van der Waals surface area contributed by atoms with Gasteiger partial charge < -0.3 is 20.8 Å². The molecule has 1 amide bonds. The maximum absolute atomic E-state index is 12.9. The number of rotatable bonds is 7. The molecular weight excluding hydrogens is 356 g/mol. The number of carbonyl (C=O) groups is 2. The lowest BCUT2D eigenvalue weighted by atomic mass is 9.81. The summed E-state index contributed by atoms with van der Waals surface area (Å²) in [6, 6.07) is 9.55. The van der Waals surface area contributed by atoms with Gasteiger partial charge in [-0.15, -0.1) is 0 Å². The minimum Gasteiger partial charge on any atom is -0.464 e. The van der Waals surface area contributed by atoms with E-state index in [2.05, 4.69) is 15.3 Å². The number of hydrogen-bond acceptors (Lipinski definition) is 5. The van der Waals surface area contributed by atoms with E-state index in [0.29, 0.717) is 24.7 Å². The summed E-state index contributed by atoms with van der Waals surface area (Å²) in [5.41, 5.74) is 7.11. The number of ether oxygens (including phenoxy) is 1. The van der Waals surface area contributed by atoms with Crippen LogP contribution in [0, 0.1) is 11.8 Å². The zero-order valence-corrected chi connectivity index (χ0v) is 16.2. The number of methoxy groups -OCH3 is 1. The van der Waals surface area contributed by atoms with Gasteiger partial charge in [0.15, 0.2) is 0 Å². The fraction of sp³-hybridized carbons (Fsp3) is 0.476. The number of esters is 1. The molecule has 1 heterocycles. The van der Waals surface area contributed by atoms with Crippen LogP contribution in [-0.2, 0) is 16.0 Å². The largest absolute Gasteiger partial charge is 0.464 e. The predicted octanol–water partition coefficient (Wildman–Crippen LogP) is 2.36. The number of nitrogens with one attached hydrogen (secondary N) is 2. The summed E-state index contributed by atoms with van der Waals surface area (Å²) in [6.45, 7) is 0.688. The molecule has 4 N–H and O–H groups in total. The molecule has 1 aliphatic rings. The van der Waals surface area contributed by atoms with Crippen LogP contribution in [0.25, 0.3) is 0 Å². The fourth-order valence-electron chi connectivity index (χ4n) is 3.74. The zero-order chi connectivity index (χ0) is 19.9. The van der Waals surface area contributed by atoms with Crippen LogP contribution in [0.15, 0.2) is 36.5 Å². The van der Waals surface area contributed by atoms with Gasteiger partial charge in [-0.05, 0) is 50.1 Å². The number of aromatic amines is 1. The molecule has 1 saturated carbocycles. The van der Waals surface area contributed by atoms with E-state index in [0.717, 1.165) is 31.2 Å². The van der Waals surface area contributed by atoms with Crippen LogP contribution in [0.3, 0.4) is 0 Å². The van der Waals surface area contributed by atoms with Crippen molar-refractivity contribution in [2.75, 3.05) is 13.7 Å². The zero-order valence-electron chi connectivity index (χ0n) is 16.2. The number of nitrogens with two attached hydrogens (primary N) is 1. The van der Waals surface area contributed by atoms with E-state index in [-0.39, 0.29) is 23.6 Å². The first-order valence-corrected chi connectivity index (χ1v) is 9.78. The van der Waals surface area contributed by atoms with E-state index in [9.17, 15) is 9.59 Å². The number of nitrogens with zero attached hydrogens (tertiary/aromatic N) is 1. The van der Waals surface area contributed by atoms with Gasteiger partial charge >= 0.3 is 5.97 Å². The molecule has 0 aliphatic heterocycles. The molecule has 2 aromatic rings. The highest BCUT2D eigenvalue weighted by Gasteiger charge is 2.28. The van der Waals surface area contributed by atoms with Crippen molar-refractivity contribution in [1.82, 2.24) is 15.3 Å². The summed E-state index contributed by atoms with van der Waals surface area (Å²) in [4.78, 5) is 31.9. The van der Waals surface area contributed by atoms with Crippen molar-refractivity contribution in [1.29, 1.82) is 0 Å². The van der Waals surface area contributed by atoms with Gasteiger partial charge in [-0.2, -0.15) is 0 Å². The second kappa shape index (κ2) is 9.50. The summed E-state index contributed by atoms with van der Waals surface area (Å²) < 4.78 is 4.74. The number of hydrogen-bond donors (Lipinski definition) is 3. The Morgan fingerprint density at radius 3 is 2.61 bits per heavy atom. The van der Waals surface area contributed by atoms with Gasteiger partial charge in [0.1, 0.15) is 11.5 Å². The Balaban J connectivity index is 1.73. The van der Waals surface area contributed by atoms with Crippen LogP contribution >= 0.6 is 0 Å². The highest BCUT2D eigenvalue weighted by Crippen LogP contribution is 2.29. The lowest BCUT2D eigenvalue weighted by Gasteiger charge is -2.28. The van der Waals surface area contributed by atoms with E-state index >= 15 is 0 Å². The minimum absolute atomic E-state index is 0.00360. The van der Waals surface area contributed by atoms with Crippen molar-refractivity contribution in [3.05, 3.63) is 53.6 Å². The topological polar surface area (TPSA) is 110 Å². The summed E-state index contributed by atoms with van der Waals surface area (Å²) in [6.07, 6.45) is 5.72. The Labute approximate surface area is 165 Å². The third-order valence-electron chi connectivity index (χ3n) is 5.48. The van der Waals surface area contributed by atoms with E-state index in [1.807, 2.05) is 30.3 Å². The maximum atomic E-state index is 12.9. The Morgan fingerprint density at radius 2 is 1.96 bits per heavy atom. The summed E-state index contributed by atoms with van der Waals surface area (Å²) in [5.74, 6) is 0.622. The number of imidazole rings is 1. The smallest absolute Gasteiger partial charge is 0.356 e. The normalized spacial score (nSPS) is 20.4. The molecule has 7 heteroatoms. The molecule has 1 aromatic heterocycles. The number of carbonyl (C=O) groups excluding carboxylic acids is 2. The van der Waals surface area contributed by atoms with Crippen molar-refractivity contribution < 1.29 is 14.3 Å². The molecule has 3 rings (SSSR count). The van der Waals surface area contributed by atoms with Crippen molar-refractivity contribution in [2.24, 2.45) is 17.6 Å². The number of benzene rings is 1. The Hall–Kier alpha value is -2.67. The van der Waals surface area contributed by atoms with Crippen molar-refractivity contribution in [3.8, 4) is 0 Å². The molecule has 0 spiro atoms. The summed E-state index contributed by atoms with van der Waals surface area (Å²) in [7, 11) is 1.32. The number of H-pyrrole nitrogens is 1. The first kappa shape index (κ1) is 20.1. The molecule has 1 aromatic carbocycles. The molecule has 0 saturated heterocycles. The van der Waals surface area contributed by atoms with Crippen LogP contribution in [0.4, 0.5) is 0 Å². The van der Waals surface area contributed by atoms with E-state index in [1.54, 1.807) is 0 Å². The van der Waals surface area contributed by atoms with Crippen molar-refractivity contribution >= 4 is 11.9 Å². The maximum Gasteiger partial charge on any atom is 0.356 e. The van der Waals surface area contributed by atoms with Crippen LogP contribution in [0.1, 0.15) is 53.6 Å². The van der Waals surface area contributed by atoms with Gasteiger partial charge in [0.25, 0.3) is 0 Å². The highest BCUT2D eigenvalue weighted by molar-refractivity contribution is 5.87. The lowest BCUT2D eigenvalue weighted by Crippen LogP contribution is -2.37. The Morgan fingerprint density at radius 1 is 1.25 bits per heavy atom. The molecular formula is C21H28N4O3. The van der Waals surface area contributed by atoms with Crippen LogP contribution in [-0.4, -0.2) is 35.5 Å². The quantitative estimate of drug-likeness (QED) is 0.635. The monoisotopic (exact) mass is 384 g/mol. The lowest BCUT2D eigenvalue weighted by molar-refractivity contribution is -0.127. The second-order valence-corrected chi connectivity index (χ2v) is 7.38. The van der Waals surface area contributed by atoms with Gasteiger partial charge in [0.2, 0.25) is 5.91 Å². The Bertz CT molecular complexity index is 782. The minimum atomic E-state index is -0.483. The Kier molecular flexibility index (Phi) is 6.81. The molecule has 0 bridgehead atoms. The van der Waals surface area contributed by atoms with Gasteiger partial charge in [0.05, 0.1) is 19.3 Å². The van der Waals surface area contributed by atoms with E-state index in [1.165, 1.54) is 13.3 Å². The molecule has 28 heavy (non-hydrogen) atoms. The summed E-state index contributed by atoms with van der Waals surface area (Å²) in [5, 5.41) is 3.14. The molecule has 150 valence electrons. The fourth-order valence-corrected chi connectivity index (χ4v) is 3.74. The van der Waals surface area contributed by atoms with Gasteiger partial charge in [-0.3, -0.25) is 4.79 Å². The van der Waals surface area contributed by atoms with E-state index < -0.39 is 5.97 Å². The summed E-state index contributed by atoms with van der Waals surface area (Å²) >= 11 is 0. The number of amides is 1. The standard InChI is InChI=1S/C21H28N4O3/c1-28-21(27)18-13-23-19(24-18)17(11-14-5-3-2-4-6-14)25-20(26)16-9-7-15(12-22)8-10-16/h2-6,13,15-17H,7-12,22H2,1H3,(H,23,24)(H,25,26)/t15?,16?,17-/m0/s1. The second-order valence-electron chi connectivity index (χ2n) is 7.38. The average molecular weight is 384 g/mol. The highest BCUT2D eigenvalue weighted by atomic mass is 16.5. The first-order valence-electron chi connectivity index (χ1n) is 9.78. The third-order valence-corrected chi connectivity index (χ3v) is 5.48. The molecule has 1 atom stereocenters. The van der Waals surface area contributed by atoms with Crippen molar-refractivity contribution in [3.63, 3.8) is 0 Å². The molecule has 0 unspecified atom stereocenters. The molecule has 7 nitrogen and oxygen atoms in total. The predicted molar refractivity (Wildman–Crippen MR) is 105 cm³/mol. The third kappa shape index (κ3) is 4.98.